The molecule has 0 bridgehead atoms. The summed E-state index contributed by atoms with van der Waals surface area (Å²) in [7, 11) is 0.799. The van der Waals surface area contributed by atoms with Gasteiger partial charge in [0.1, 0.15) is 6.10 Å². The van der Waals surface area contributed by atoms with Gasteiger partial charge < -0.3 is 9.84 Å². The third kappa shape index (κ3) is 3.73. The van der Waals surface area contributed by atoms with Crippen LogP contribution < -0.4 is 0 Å². The first-order valence-corrected chi connectivity index (χ1v) is 7.07. The van der Waals surface area contributed by atoms with Gasteiger partial charge in [-0.1, -0.05) is 0 Å². The Morgan fingerprint density at radius 2 is 1.92 bits per heavy atom. The molecule has 0 radical (unpaired) electrons. The van der Waals surface area contributed by atoms with Crippen molar-refractivity contribution in [3.63, 3.8) is 0 Å². The smallest absolute Gasteiger partial charge is 0.382 e. The minimum atomic E-state index is -5.18. The number of fused-ring (bicyclic) bond motifs is 1. The lowest BCUT2D eigenvalue weighted by Gasteiger charge is -2.29. The molecule has 144 valence electrons. The molecular weight excluding hydrogens is 368 g/mol. The van der Waals surface area contributed by atoms with E-state index in [4.69, 9.17) is 0 Å². The standard InChI is InChI=1S/C13H14F8N2O2/c1-25-8(11(15)16)5(14)4-23-6-2-3-12(17,18)10(24)7(6)9(22-23)13(19,20)21/h5,8,10-11,24H,2-4H2,1H3/t5?,8-,10+/m1/s1. The third-order valence-corrected chi connectivity index (χ3v) is 3.96. The highest BCUT2D eigenvalue weighted by Gasteiger charge is 2.51. The van der Waals surface area contributed by atoms with Gasteiger partial charge in [0.25, 0.3) is 12.3 Å². The highest BCUT2D eigenvalue weighted by Crippen LogP contribution is 2.46. The van der Waals surface area contributed by atoms with E-state index >= 15 is 0 Å². The molecule has 0 aromatic carbocycles. The molecule has 1 N–H and O–H groups in total. The van der Waals surface area contributed by atoms with Crippen LogP contribution in [0.1, 0.15) is 29.5 Å². The van der Waals surface area contributed by atoms with E-state index in [1.807, 2.05) is 0 Å². The molecule has 1 unspecified atom stereocenters. The van der Waals surface area contributed by atoms with Crippen LogP contribution in [-0.4, -0.2) is 46.6 Å². The van der Waals surface area contributed by atoms with Crippen LogP contribution in [0.2, 0.25) is 0 Å². The van der Waals surface area contributed by atoms with Gasteiger partial charge in [-0.3, -0.25) is 4.68 Å². The van der Waals surface area contributed by atoms with Crippen LogP contribution in [0.5, 0.6) is 0 Å². The van der Waals surface area contributed by atoms with Crippen LogP contribution in [0.3, 0.4) is 0 Å². The molecule has 12 heteroatoms. The summed E-state index contributed by atoms with van der Waals surface area (Å²) in [5.74, 6) is -3.81. The number of methoxy groups -OCH3 is 1. The van der Waals surface area contributed by atoms with E-state index < -0.39 is 73.2 Å². The number of ether oxygens (including phenoxy) is 1. The minimum Gasteiger partial charge on any atom is -0.382 e. The van der Waals surface area contributed by atoms with Crippen molar-refractivity contribution in [3.8, 4) is 0 Å². The van der Waals surface area contributed by atoms with Gasteiger partial charge in [-0.15, -0.1) is 0 Å². The van der Waals surface area contributed by atoms with Gasteiger partial charge in [0, 0.05) is 24.8 Å². The second-order valence-corrected chi connectivity index (χ2v) is 5.60. The lowest BCUT2D eigenvalue weighted by Crippen LogP contribution is -2.36. The number of hydrogen-bond donors (Lipinski definition) is 1. The van der Waals surface area contributed by atoms with Gasteiger partial charge in [-0.2, -0.15) is 18.3 Å². The zero-order valence-electron chi connectivity index (χ0n) is 12.7. The van der Waals surface area contributed by atoms with Crippen LogP contribution in [0.4, 0.5) is 35.1 Å². The molecule has 0 fully saturated rings. The minimum absolute atomic E-state index is 0.398. The van der Waals surface area contributed by atoms with Gasteiger partial charge in [-0.05, 0) is 6.42 Å². The summed E-state index contributed by atoms with van der Waals surface area (Å²) >= 11 is 0. The van der Waals surface area contributed by atoms with Crippen molar-refractivity contribution in [2.24, 2.45) is 0 Å². The summed E-state index contributed by atoms with van der Waals surface area (Å²) in [6, 6.07) is 0. The van der Waals surface area contributed by atoms with Crippen molar-refractivity contribution in [2.75, 3.05) is 7.11 Å². The van der Waals surface area contributed by atoms with Crippen LogP contribution in [0.15, 0.2) is 0 Å². The normalized spacial score (nSPS) is 22.8. The van der Waals surface area contributed by atoms with Crippen LogP contribution >= 0.6 is 0 Å². The molecular formula is C13H14F8N2O2. The SMILES string of the molecule is CO[C@@H](C(F)F)C(F)Cn1nc(C(F)(F)F)c2c1CCC(F)(F)[C@H]2O. The quantitative estimate of drug-likeness (QED) is 0.797. The first-order valence-electron chi connectivity index (χ1n) is 7.07. The molecule has 0 saturated carbocycles. The summed E-state index contributed by atoms with van der Waals surface area (Å²) in [6.45, 7) is -1.06. The van der Waals surface area contributed by atoms with Crippen molar-refractivity contribution in [3.05, 3.63) is 17.0 Å². The Balaban J connectivity index is 2.45. The molecule has 0 amide bonds. The fourth-order valence-electron chi connectivity index (χ4n) is 2.73. The third-order valence-electron chi connectivity index (χ3n) is 3.96. The van der Waals surface area contributed by atoms with Crippen LogP contribution in [-0.2, 0) is 23.9 Å². The average Bonchev–Trinajstić information content (AvgIpc) is 2.82. The summed E-state index contributed by atoms with van der Waals surface area (Å²) in [5.41, 5.74) is -3.40. The Hall–Kier alpha value is -1.43. The first kappa shape index (κ1) is 19.9. The molecule has 4 nitrogen and oxygen atoms in total. The summed E-state index contributed by atoms with van der Waals surface area (Å²) in [6.07, 6.45) is -17.5. The van der Waals surface area contributed by atoms with Crippen molar-refractivity contribution >= 4 is 0 Å². The Bertz CT molecular complexity index is 616. The van der Waals surface area contributed by atoms with Gasteiger partial charge in [0.05, 0.1) is 6.54 Å². The number of rotatable bonds is 5. The Labute approximate surface area is 136 Å². The average molecular weight is 382 g/mol. The number of halogens is 8. The van der Waals surface area contributed by atoms with E-state index in [0.29, 0.717) is 4.68 Å². The second kappa shape index (κ2) is 6.71. The van der Waals surface area contributed by atoms with Crippen molar-refractivity contribution in [2.45, 2.75) is 56.3 Å². The van der Waals surface area contributed by atoms with Crippen LogP contribution in [0, 0.1) is 0 Å². The predicted molar refractivity (Wildman–Crippen MR) is 67.2 cm³/mol. The first-order chi connectivity index (χ1) is 11.4. The molecule has 0 spiro atoms. The maximum atomic E-state index is 14.0. The fourth-order valence-corrected chi connectivity index (χ4v) is 2.73. The predicted octanol–water partition coefficient (Wildman–Crippen LogP) is 3.14. The summed E-state index contributed by atoms with van der Waals surface area (Å²) in [4.78, 5) is 0. The van der Waals surface area contributed by atoms with E-state index in [1.165, 1.54) is 0 Å². The highest BCUT2D eigenvalue weighted by atomic mass is 19.4. The lowest BCUT2D eigenvalue weighted by atomic mass is 9.89. The Kier molecular flexibility index (Phi) is 5.34. The number of alkyl halides is 8. The van der Waals surface area contributed by atoms with E-state index in [9.17, 15) is 40.2 Å². The van der Waals surface area contributed by atoms with E-state index in [-0.39, 0.29) is 0 Å². The molecule has 0 saturated heterocycles. The topological polar surface area (TPSA) is 47.3 Å². The van der Waals surface area contributed by atoms with E-state index in [0.717, 1.165) is 7.11 Å². The Morgan fingerprint density at radius 3 is 2.40 bits per heavy atom. The number of nitrogens with zero attached hydrogens (tertiary/aromatic N) is 2. The van der Waals surface area contributed by atoms with Crippen molar-refractivity contribution in [1.82, 2.24) is 9.78 Å². The molecule has 3 atom stereocenters. The van der Waals surface area contributed by atoms with Gasteiger partial charge in [0.2, 0.25) is 0 Å². The van der Waals surface area contributed by atoms with Gasteiger partial charge in [0.15, 0.2) is 18.0 Å². The maximum Gasteiger partial charge on any atom is 0.435 e. The summed E-state index contributed by atoms with van der Waals surface area (Å²) in [5, 5.41) is 12.6. The fraction of sp³-hybridized carbons (Fsp3) is 0.769. The number of aliphatic hydroxyl groups excluding tert-OH is 1. The number of aromatic nitrogens is 2. The maximum absolute atomic E-state index is 14.0. The molecule has 1 aromatic rings. The largest absolute Gasteiger partial charge is 0.435 e. The molecule has 1 aliphatic rings. The van der Waals surface area contributed by atoms with Crippen LogP contribution in [0.25, 0.3) is 0 Å². The molecule has 1 heterocycles. The number of aliphatic hydroxyl groups is 1. The van der Waals surface area contributed by atoms with Crippen molar-refractivity contribution in [1.29, 1.82) is 0 Å². The Morgan fingerprint density at radius 1 is 1.32 bits per heavy atom. The molecule has 1 aliphatic carbocycles. The zero-order valence-corrected chi connectivity index (χ0v) is 12.7. The van der Waals surface area contributed by atoms with E-state index in [2.05, 4.69) is 9.84 Å². The zero-order chi connectivity index (χ0) is 19.2. The van der Waals surface area contributed by atoms with Gasteiger partial charge in [-0.25, -0.2) is 22.0 Å². The monoisotopic (exact) mass is 382 g/mol. The lowest BCUT2D eigenvalue weighted by molar-refractivity contribution is -0.150. The van der Waals surface area contributed by atoms with E-state index in [1.54, 1.807) is 0 Å². The molecule has 2 rings (SSSR count). The summed E-state index contributed by atoms with van der Waals surface area (Å²) < 4.78 is 110. The molecule has 25 heavy (non-hydrogen) atoms. The van der Waals surface area contributed by atoms with Crippen molar-refractivity contribution < 1.29 is 45.0 Å². The number of hydrogen-bond acceptors (Lipinski definition) is 3. The second-order valence-electron chi connectivity index (χ2n) is 5.60. The van der Waals surface area contributed by atoms with Gasteiger partial charge >= 0.3 is 6.18 Å². The molecule has 0 aliphatic heterocycles. The highest BCUT2D eigenvalue weighted by molar-refractivity contribution is 5.35. The molecule has 1 aromatic heterocycles.